The van der Waals surface area contributed by atoms with E-state index in [2.05, 4.69) is 18.8 Å². The SMILES string of the molecule is CCCCCCC(CCCCCC)c1ccc(F)cn1. The lowest BCUT2D eigenvalue weighted by Crippen LogP contribution is -2.02. The maximum Gasteiger partial charge on any atom is 0.141 e. The molecule has 0 unspecified atom stereocenters. The van der Waals surface area contributed by atoms with Crippen LogP contribution in [0.4, 0.5) is 4.39 Å². The van der Waals surface area contributed by atoms with Crippen LogP contribution in [-0.4, -0.2) is 4.98 Å². The smallest absolute Gasteiger partial charge is 0.141 e. The Balaban J connectivity index is 2.47. The van der Waals surface area contributed by atoms with Crippen molar-refractivity contribution in [3.05, 3.63) is 29.8 Å². The molecule has 0 aliphatic carbocycles. The minimum atomic E-state index is -0.232. The fourth-order valence-electron chi connectivity index (χ4n) is 2.70. The van der Waals surface area contributed by atoms with Crippen LogP contribution >= 0.6 is 0 Å². The quantitative estimate of drug-likeness (QED) is 0.436. The van der Waals surface area contributed by atoms with Gasteiger partial charge >= 0.3 is 0 Å². The Morgan fingerprint density at radius 1 is 0.900 bits per heavy atom. The summed E-state index contributed by atoms with van der Waals surface area (Å²) < 4.78 is 13.0. The molecule has 2 heteroatoms. The first-order valence-corrected chi connectivity index (χ1v) is 8.39. The van der Waals surface area contributed by atoms with Crippen molar-refractivity contribution < 1.29 is 4.39 Å². The molecular weight excluding hydrogens is 249 g/mol. The van der Waals surface area contributed by atoms with Gasteiger partial charge in [0.1, 0.15) is 5.82 Å². The van der Waals surface area contributed by atoms with Gasteiger partial charge in [0, 0.05) is 11.6 Å². The molecule has 0 N–H and O–H groups in total. The highest BCUT2D eigenvalue weighted by Crippen LogP contribution is 2.27. The number of aromatic nitrogens is 1. The third kappa shape index (κ3) is 7.02. The van der Waals surface area contributed by atoms with E-state index < -0.39 is 0 Å². The monoisotopic (exact) mass is 279 g/mol. The van der Waals surface area contributed by atoms with Crippen molar-refractivity contribution in [2.45, 2.75) is 84.0 Å². The molecule has 1 aromatic rings. The van der Waals surface area contributed by atoms with E-state index in [1.807, 2.05) is 6.07 Å². The van der Waals surface area contributed by atoms with E-state index in [1.54, 1.807) is 6.07 Å². The maximum atomic E-state index is 13.0. The van der Waals surface area contributed by atoms with Crippen LogP contribution in [0.5, 0.6) is 0 Å². The first-order valence-electron chi connectivity index (χ1n) is 8.39. The Bertz CT molecular complexity index is 322. The Hall–Kier alpha value is -0.920. The summed E-state index contributed by atoms with van der Waals surface area (Å²) in [4.78, 5) is 4.30. The van der Waals surface area contributed by atoms with Crippen LogP contribution in [0.3, 0.4) is 0 Å². The average Bonchev–Trinajstić information content (AvgIpc) is 2.47. The highest BCUT2D eigenvalue weighted by Gasteiger charge is 2.12. The summed E-state index contributed by atoms with van der Waals surface area (Å²) in [5.74, 6) is 0.286. The predicted molar refractivity (Wildman–Crippen MR) is 84.5 cm³/mol. The van der Waals surface area contributed by atoms with Crippen molar-refractivity contribution in [3.63, 3.8) is 0 Å². The van der Waals surface area contributed by atoms with E-state index in [0.717, 1.165) is 5.69 Å². The number of hydrogen-bond donors (Lipinski definition) is 0. The molecule has 20 heavy (non-hydrogen) atoms. The number of nitrogens with zero attached hydrogens (tertiary/aromatic N) is 1. The fourth-order valence-corrected chi connectivity index (χ4v) is 2.70. The molecule has 0 bridgehead atoms. The molecule has 0 aliphatic rings. The molecule has 0 aliphatic heterocycles. The maximum absolute atomic E-state index is 13.0. The second kappa shape index (κ2) is 10.8. The lowest BCUT2D eigenvalue weighted by atomic mass is 9.91. The standard InChI is InChI=1S/C18H30FN/c1-3-5-7-9-11-16(12-10-8-6-4-2)18-14-13-17(19)15-20-18/h13-16H,3-12H2,1-2H3. The van der Waals surface area contributed by atoms with E-state index >= 15 is 0 Å². The molecule has 1 rings (SSSR count). The molecule has 1 heterocycles. The van der Waals surface area contributed by atoms with E-state index in [1.165, 1.54) is 70.4 Å². The van der Waals surface area contributed by atoms with Crippen LogP contribution in [0, 0.1) is 5.82 Å². The van der Waals surface area contributed by atoms with Gasteiger partial charge in [-0.05, 0) is 25.0 Å². The zero-order valence-electron chi connectivity index (χ0n) is 13.2. The van der Waals surface area contributed by atoms with Crippen molar-refractivity contribution in [1.29, 1.82) is 0 Å². The molecule has 0 fully saturated rings. The van der Waals surface area contributed by atoms with Crippen molar-refractivity contribution in [2.24, 2.45) is 0 Å². The third-order valence-electron chi connectivity index (χ3n) is 3.98. The number of unbranched alkanes of at least 4 members (excludes halogenated alkanes) is 6. The summed E-state index contributed by atoms with van der Waals surface area (Å²) in [6.07, 6.45) is 14.1. The Morgan fingerprint density at radius 3 is 1.95 bits per heavy atom. The molecule has 114 valence electrons. The first kappa shape index (κ1) is 17.1. The second-order valence-electron chi connectivity index (χ2n) is 5.80. The molecule has 0 saturated heterocycles. The third-order valence-corrected chi connectivity index (χ3v) is 3.98. The minimum absolute atomic E-state index is 0.232. The average molecular weight is 279 g/mol. The minimum Gasteiger partial charge on any atom is -0.258 e. The largest absolute Gasteiger partial charge is 0.258 e. The lowest BCUT2D eigenvalue weighted by molar-refractivity contribution is 0.487. The van der Waals surface area contributed by atoms with Gasteiger partial charge in [-0.15, -0.1) is 0 Å². The molecule has 0 radical (unpaired) electrons. The topological polar surface area (TPSA) is 12.9 Å². The first-order chi connectivity index (χ1) is 9.77. The van der Waals surface area contributed by atoms with Gasteiger partial charge in [0.25, 0.3) is 0 Å². The summed E-state index contributed by atoms with van der Waals surface area (Å²) >= 11 is 0. The van der Waals surface area contributed by atoms with Gasteiger partial charge in [-0.25, -0.2) is 4.39 Å². The highest BCUT2D eigenvalue weighted by atomic mass is 19.1. The van der Waals surface area contributed by atoms with Crippen LogP contribution in [0.15, 0.2) is 18.3 Å². The van der Waals surface area contributed by atoms with Gasteiger partial charge in [0.15, 0.2) is 0 Å². The Morgan fingerprint density at radius 2 is 1.50 bits per heavy atom. The van der Waals surface area contributed by atoms with Crippen molar-refractivity contribution in [3.8, 4) is 0 Å². The highest BCUT2D eigenvalue weighted by molar-refractivity contribution is 5.10. The number of halogens is 1. The summed E-state index contributed by atoms with van der Waals surface area (Å²) in [6.45, 7) is 4.48. The number of hydrogen-bond acceptors (Lipinski definition) is 1. The molecule has 1 aromatic heterocycles. The predicted octanol–water partition coefficient (Wildman–Crippen LogP) is 6.25. The molecule has 0 amide bonds. The molecule has 0 spiro atoms. The van der Waals surface area contributed by atoms with Crippen LogP contribution in [0.25, 0.3) is 0 Å². The zero-order valence-corrected chi connectivity index (χ0v) is 13.2. The normalized spacial score (nSPS) is 11.2. The van der Waals surface area contributed by atoms with Crippen molar-refractivity contribution in [2.75, 3.05) is 0 Å². The Labute approximate surface area is 124 Å². The van der Waals surface area contributed by atoms with Crippen molar-refractivity contribution >= 4 is 0 Å². The molecule has 0 aromatic carbocycles. The molecule has 1 nitrogen and oxygen atoms in total. The molecular formula is C18H30FN. The van der Waals surface area contributed by atoms with E-state index in [4.69, 9.17) is 0 Å². The van der Waals surface area contributed by atoms with Gasteiger partial charge in [-0.1, -0.05) is 65.2 Å². The zero-order chi connectivity index (χ0) is 14.6. The fraction of sp³-hybridized carbons (Fsp3) is 0.722. The number of rotatable bonds is 11. The summed E-state index contributed by atoms with van der Waals surface area (Å²) in [6, 6.07) is 3.42. The van der Waals surface area contributed by atoms with E-state index in [0.29, 0.717) is 5.92 Å². The summed E-state index contributed by atoms with van der Waals surface area (Å²) in [5.41, 5.74) is 1.08. The summed E-state index contributed by atoms with van der Waals surface area (Å²) in [5, 5.41) is 0. The molecule has 0 atom stereocenters. The van der Waals surface area contributed by atoms with Crippen molar-refractivity contribution in [1.82, 2.24) is 4.98 Å². The van der Waals surface area contributed by atoms with Gasteiger partial charge in [-0.2, -0.15) is 0 Å². The van der Waals surface area contributed by atoms with E-state index in [-0.39, 0.29) is 5.82 Å². The van der Waals surface area contributed by atoms with Gasteiger partial charge in [0.05, 0.1) is 6.20 Å². The van der Waals surface area contributed by atoms with Gasteiger partial charge < -0.3 is 0 Å². The number of pyridine rings is 1. The summed E-state index contributed by atoms with van der Waals surface area (Å²) in [7, 11) is 0. The van der Waals surface area contributed by atoms with Crippen LogP contribution in [0.1, 0.15) is 89.7 Å². The van der Waals surface area contributed by atoms with Gasteiger partial charge in [-0.3, -0.25) is 4.98 Å². The lowest BCUT2D eigenvalue weighted by Gasteiger charge is -2.16. The second-order valence-corrected chi connectivity index (χ2v) is 5.80. The van der Waals surface area contributed by atoms with E-state index in [9.17, 15) is 4.39 Å². The Kier molecular flexibility index (Phi) is 9.27. The molecule has 0 saturated carbocycles. The van der Waals surface area contributed by atoms with Crippen LogP contribution in [0.2, 0.25) is 0 Å². The van der Waals surface area contributed by atoms with Gasteiger partial charge in [0.2, 0.25) is 0 Å². The van der Waals surface area contributed by atoms with Crippen LogP contribution in [-0.2, 0) is 0 Å². The van der Waals surface area contributed by atoms with Crippen LogP contribution < -0.4 is 0 Å².